The van der Waals surface area contributed by atoms with Crippen molar-refractivity contribution in [1.29, 1.82) is 0 Å². The topological polar surface area (TPSA) is 83.4 Å². The molecule has 0 aliphatic rings. The van der Waals surface area contributed by atoms with E-state index in [1.807, 2.05) is 79.3 Å². The minimum Gasteiger partial charge on any atom is -0.387 e. The van der Waals surface area contributed by atoms with Crippen molar-refractivity contribution < 1.29 is 14.7 Å². The molecule has 0 fully saturated rings. The molecule has 6 nitrogen and oxygen atoms in total. The number of nitrogens with one attached hydrogen (secondary N) is 2. The van der Waals surface area contributed by atoms with Crippen LogP contribution in [-0.2, 0) is 16.6 Å². The lowest BCUT2D eigenvalue weighted by Gasteiger charge is -2.15. The molecule has 2 amide bonds. The van der Waals surface area contributed by atoms with Gasteiger partial charge < -0.3 is 20.3 Å². The van der Waals surface area contributed by atoms with Gasteiger partial charge in [-0.15, -0.1) is 0 Å². The van der Waals surface area contributed by atoms with Gasteiger partial charge in [0, 0.05) is 25.3 Å². The molecule has 3 rings (SSSR count). The highest BCUT2D eigenvalue weighted by molar-refractivity contribution is 6.35. The van der Waals surface area contributed by atoms with Crippen LogP contribution < -0.4 is 10.6 Å². The Morgan fingerprint density at radius 2 is 1.78 bits per heavy atom. The molecule has 0 aliphatic heterocycles. The number of aromatic nitrogens is 1. The molecule has 1 heterocycles. The van der Waals surface area contributed by atoms with Crippen LogP contribution in [0.1, 0.15) is 30.2 Å². The minimum absolute atomic E-state index is 0.0374. The van der Waals surface area contributed by atoms with Gasteiger partial charge in [-0.25, -0.2) is 0 Å². The van der Waals surface area contributed by atoms with Gasteiger partial charge in [-0.1, -0.05) is 36.4 Å². The lowest BCUT2D eigenvalue weighted by Crippen LogP contribution is -2.42. The van der Waals surface area contributed by atoms with E-state index in [9.17, 15) is 14.7 Å². The SMILES string of the molecule is C[C@H](NC(=O)C(=O)NC[C@H](O)c1ccc2c(ccn2C)c1)c1ccccc1. The first-order valence-electron chi connectivity index (χ1n) is 8.82. The summed E-state index contributed by atoms with van der Waals surface area (Å²) in [5, 5.41) is 16.5. The predicted octanol–water partition coefficient (Wildman–Crippen LogP) is 2.21. The number of rotatable bonds is 5. The Kier molecular flexibility index (Phi) is 5.57. The second kappa shape index (κ2) is 8.05. The molecular weight excluding hydrogens is 342 g/mol. The summed E-state index contributed by atoms with van der Waals surface area (Å²) in [6, 6.07) is 16.7. The Hall–Kier alpha value is -3.12. The molecule has 0 saturated carbocycles. The molecule has 0 aliphatic carbocycles. The molecular formula is C21H23N3O3. The molecule has 2 atom stereocenters. The predicted molar refractivity (Wildman–Crippen MR) is 104 cm³/mol. The van der Waals surface area contributed by atoms with Crippen LogP contribution in [0.3, 0.4) is 0 Å². The second-order valence-corrected chi connectivity index (χ2v) is 6.58. The van der Waals surface area contributed by atoms with Crippen molar-refractivity contribution >= 4 is 22.7 Å². The van der Waals surface area contributed by atoms with Gasteiger partial charge in [-0.2, -0.15) is 0 Å². The molecule has 0 unspecified atom stereocenters. The Labute approximate surface area is 157 Å². The van der Waals surface area contributed by atoms with Crippen molar-refractivity contribution in [2.75, 3.05) is 6.54 Å². The number of aryl methyl sites for hydroxylation is 1. The summed E-state index contributed by atoms with van der Waals surface area (Å²) in [4.78, 5) is 24.1. The van der Waals surface area contributed by atoms with Gasteiger partial charge in [0.2, 0.25) is 0 Å². The van der Waals surface area contributed by atoms with E-state index >= 15 is 0 Å². The lowest BCUT2D eigenvalue weighted by atomic mass is 10.1. The zero-order valence-corrected chi connectivity index (χ0v) is 15.3. The maximum absolute atomic E-state index is 12.0. The quantitative estimate of drug-likeness (QED) is 0.606. The van der Waals surface area contributed by atoms with Crippen LogP contribution in [-0.4, -0.2) is 28.0 Å². The number of benzene rings is 2. The summed E-state index contributed by atoms with van der Waals surface area (Å²) >= 11 is 0. The summed E-state index contributed by atoms with van der Waals surface area (Å²) in [6.45, 7) is 1.77. The van der Waals surface area contributed by atoms with Crippen molar-refractivity contribution in [2.24, 2.45) is 7.05 Å². The Balaban J connectivity index is 1.54. The average molecular weight is 365 g/mol. The fourth-order valence-corrected chi connectivity index (χ4v) is 2.98. The van der Waals surface area contributed by atoms with Gasteiger partial charge in [0.05, 0.1) is 12.1 Å². The third kappa shape index (κ3) is 4.35. The third-order valence-electron chi connectivity index (χ3n) is 4.60. The van der Waals surface area contributed by atoms with Gasteiger partial charge in [0.15, 0.2) is 0 Å². The molecule has 27 heavy (non-hydrogen) atoms. The van der Waals surface area contributed by atoms with E-state index in [4.69, 9.17) is 0 Å². The monoisotopic (exact) mass is 365 g/mol. The largest absolute Gasteiger partial charge is 0.387 e. The van der Waals surface area contributed by atoms with Gasteiger partial charge in [0.1, 0.15) is 0 Å². The summed E-state index contributed by atoms with van der Waals surface area (Å²) in [6.07, 6.45) is 1.05. The van der Waals surface area contributed by atoms with Gasteiger partial charge in [-0.05, 0) is 41.6 Å². The number of aliphatic hydroxyl groups is 1. The number of carbonyl (C=O) groups excluding carboxylic acids is 2. The maximum Gasteiger partial charge on any atom is 0.309 e. The molecule has 6 heteroatoms. The Bertz CT molecular complexity index is 950. The Morgan fingerprint density at radius 1 is 1.04 bits per heavy atom. The van der Waals surface area contributed by atoms with Crippen LogP contribution in [0.4, 0.5) is 0 Å². The van der Waals surface area contributed by atoms with Crippen LogP contribution in [0.5, 0.6) is 0 Å². The van der Waals surface area contributed by atoms with Gasteiger partial charge in [0.25, 0.3) is 0 Å². The van der Waals surface area contributed by atoms with Crippen LogP contribution in [0.25, 0.3) is 10.9 Å². The van der Waals surface area contributed by atoms with Crippen molar-refractivity contribution in [3.63, 3.8) is 0 Å². The number of amides is 2. The summed E-state index contributed by atoms with van der Waals surface area (Å²) < 4.78 is 1.99. The Morgan fingerprint density at radius 3 is 2.52 bits per heavy atom. The first-order valence-corrected chi connectivity index (χ1v) is 8.82. The van der Waals surface area contributed by atoms with E-state index in [-0.39, 0.29) is 12.6 Å². The smallest absolute Gasteiger partial charge is 0.309 e. The van der Waals surface area contributed by atoms with Crippen LogP contribution in [0, 0.1) is 0 Å². The first kappa shape index (κ1) is 18.7. The van der Waals surface area contributed by atoms with E-state index in [0.717, 1.165) is 16.5 Å². The van der Waals surface area contributed by atoms with E-state index in [1.165, 1.54) is 0 Å². The van der Waals surface area contributed by atoms with Crippen molar-refractivity contribution in [1.82, 2.24) is 15.2 Å². The zero-order chi connectivity index (χ0) is 19.4. The van der Waals surface area contributed by atoms with Crippen molar-refractivity contribution in [3.05, 3.63) is 71.9 Å². The molecule has 3 aromatic rings. The molecule has 2 aromatic carbocycles. The number of hydrogen-bond donors (Lipinski definition) is 3. The number of aliphatic hydroxyl groups excluding tert-OH is 1. The van der Waals surface area contributed by atoms with E-state index in [1.54, 1.807) is 0 Å². The minimum atomic E-state index is -0.891. The molecule has 0 radical (unpaired) electrons. The second-order valence-electron chi connectivity index (χ2n) is 6.58. The molecule has 140 valence electrons. The van der Waals surface area contributed by atoms with Crippen molar-refractivity contribution in [3.8, 4) is 0 Å². The average Bonchev–Trinajstić information content (AvgIpc) is 3.06. The van der Waals surface area contributed by atoms with E-state index in [0.29, 0.717) is 5.56 Å². The number of carbonyl (C=O) groups is 2. The van der Waals surface area contributed by atoms with Crippen LogP contribution >= 0.6 is 0 Å². The number of fused-ring (bicyclic) bond motifs is 1. The van der Waals surface area contributed by atoms with E-state index in [2.05, 4.69) is 10.6 Å². The number of nitrogens with zero attached hydrogens (tertiary/aromatic N) is 1. The highest BCUT2D eigenvalue weighted by atomic mass is 16.3. The molecule has 1 aromatic heterocycles. The lowest BCUT2D eigenvalue weighted by molar-refractivity contribution is -0.139. The molecule has 0 spiro atoms. The fourth-order valence-electron chi connectivity index (χ4n) is 2.98. The third-order valence-corrected chi connectivity index (χ3v) is 4.60. The standard InChI is InChI=1S/C21H23N3O3/c1-14(15-6-4-3-5-7-15)23-21(27)20(26)22-13-19(25)17-8-9-18-16(12-17)10-11-24(18)2/h3-12,14,19,25H,13H2,1-2H3,(H,22,26)(H,23,27)/t14-,19-/m0/s1. The van der Waals surface area contributed by atoms with Gasteiger partial charge >= 0.3 is 11.8 Å². The van der Waals surface area contributed by atoms with Crippen molar-refractivity contribution in [2.45, 2.75) is 19.1 Å². The summed E-state index contributed by atoms with van der Waals surface area (Å²) in [5.41, 5.74) is 2.66. The normalized spacial score (nSPS) is 13.1. The maximum atomic E-state index is 12.0. The summed E-state index contributed by atoms with van der Waals surface area (Å²) in [7, 11) is 1.95. The first-order chi connectivity index (χ1) is 13.0. The molecule has 0 saturated heterocycles. The number of hydrogen-bond acceptors (Lipinski definition) is 3. The highest BCUT2D eigenvalue weighted by Gasteiger charge is 2.18. The molecule has 0 bridgehead atoms. The van der Waals surface area contributed by atoms with Gasteiger partial charge in [-0.3, -0.25) is 9.59 Å². The van der Waals surface area contributed by atoms with Crippen LogP contribution in [0.2, 0.25) is 0 Å². The van der Waals surface area contributed by atoms with Crippen LogP contribution in [0.15, 0.2) is 60.8 Å². The van der Waals surface area contributed by atoms with E-state index < -0.39 is 17.9 Å². The fraction of sp³-hybridized carbons (Fsp3) is 0.238. The zero-order valence-electron chi connectivity index (χ0n) is 15.3. The highest BCUT2D eigenvalue weighted by Crippen LogP contribution is 2.20. The summed E-state index contributed by atoms with van der Waals surface area (Å²) in [5.74, 6) is -1.49. The molecule has 3 N–H and O–H groups in total.